The van der Waals surface area contributed by atoms with E-state index in [2.05, 4.69) is 10.3 Å². The predicted molar refractivity (Wildman–Crippen MR) is 100 cm³/mol. The summed E-state index contributed by atoms with van der Waals surface area (Å²) in [6, 6.07) is 7.72. The molecule has 2 aliphatic rings. The van der Waals surface area contributed by atoms with Gasteiger partial charge in [-0.15, -0.1) is 5.10 Å². The topological polar surface area (TPSA) is 88.3 Å². The Kier molecular flexibility index (Phi) is 4.85. The van der Waals surface area contributed by atoms with Crippen molar-refractivity contribution in [1.82, 2.24) is 19.9 Å². The first kappa shape index (κ1) is 17.9. The molecule has 3 unspecified atom stereocenters. The van der Waals surface area contributed by atoms with Crippen LogP contribution in [0.25, 0.3) is 11.0 Å². The van der Waals surface area contributed by atoms with E-state index in [1.807, 2.05) is 40.8 Å². The Morgan fingerprint density at radius 1 is 1.22 bits per heavy atom. The van der Waals surface area contributed by atoms with E-state index in [-0.39, 0.29) is 29.8 Å². The molecule has 1 aliphatic heterocycles. The number of hydrogen-bond donors (Lipinski definition) is 1. The fourth-order valence-electron chi connectivity index (χ4n) is 4.94. The van der Waals surface area contributed by atoms with Gasteiger partial charge in [-0.25, -0.2) is 4.68 Å². The molecule has 144 valence electrons. The fourth-order valence-corrected chi connectivity index (χ4v) is 4.94. The number of rotatable bonds is 4. The Labute approximate surface area is 158 Å². The Morgan fingerprint density at radius 3 is 2.81 bits per heavy atom. The zero-order valence-corrected chi connectivity index (χ0v) is 15.6. The van der Waals surface area contributed by atoms with Crippen molar-refractivity contribution in [3.05, 3.63) is 24.3 Å². The van der Waals surface area contributed by atoms with Crippen LogP contribution < -0.4 is 0 Å². The third-order valence-corrected chi connectivity index (χ3v) is 6.28. The van der Waals surface area contributed by atoms with Gasteiger partial charge in [-0.2, -0.15) is 0 Å². The van der Waals surface area contributed by atoms with Gasteiger partial charge in [-0.1, -0.05) is 30.2 Å². The Balaban J connectivity index is 1.50. The first-order valence-electron chi connectivity index (χ1n) is 9.88. The number of carboxylic acid groups (broad SMARTS) is 1. The average molecular weight is 370 g/mol. The maximum atomic E-state index is 13.1. The number of carbonyl (C=O) groups is 2. The summed E-state index contributed by atoms with van der Waals surface area (Å²) in [5.74, 6) is -0.822. The van der Waals surface area contributed by atoms with E-state index >= 15 is 0 Å². The van der Waals surface area contributed by atoms with Crippen LogP contribution in [-0.4, -0.2) is 49.5 Å². The highest BCUT2D eigenvalue weighted by atomic mass is 16.4. The van der Waals surface area contributed by atoms with Crippen LogP contribution in [0.15, 0.2) is 24.3 Å². The largest absolute Gasteiger partial charge is 0.481 e. The summed E-state index contributed by atoms with van der Waals surface area (Å²) < 4.78 is 1.82. The molecule has 1 N–H and O–H groups in total. The van der Waals surface area contributed by atoms with Crippen LogP contribution in [0, 0.1) is 11.8 Å². The zero-order valence-electron chi connectivity index (χ0n) is 15.6. The van der Waals surface area contributed by atoms with Crippen molar-refractivity contribution in [3.8, 4) is 0 Å². The van der Waals surface area contributed by atoms with E-state index in [1.54, 1.807) is 0 Å². The quantitative estimate of drug-likeness (QED) is 0.894. The highest BCUT2D eigenvalue weighted by Crippen LogP contribution is 2.39. The van der Waals surface area contributed by atoms with Gasteiger partial charge in [-0.05, 0) is 44.2 Å². The van der Waals surface area contributed by atoms with Gasteiger partial charge >= 0.3 is 5.97 Å². The zero-order chi connectivity index (χ0) is 19.0. The molecule has 1 saturated heterocycles. The molecule has 0 radical (unpaired) electrons. The number of fused-ring (bicyclic) bond motifs is 2. The second kappa shape index (κ2) is 7.29. The Morgan fingerprint density at radius 2 is 2.00 bits per heavy atom. The normalized spacial score (nSPS) is 26.6. The molecule has 2 heterocycles. The van der Waals surface area contributed by atoms with Crippen LogP contribution in [-0.2, 0) is 9.59 Å². The van der Waals surface area contributed by atoms with Crippen molar-refractivity contribution in [2.24, 2.45) is 11.8 Å². The van der Waals surface area contributed by atoms with E-state index in [9.17, 15) is 14.7 Å². The Hall–Kier alpha value is -2.44. The molecule has 2 fully saturated rings. The maximum Gasteiger partial charge on any atom is 0.306 e. The van der Waals surface area contributed by atoms with Gasteiger partial charge in [0.2, 0.25) is 5.91 Å². The molecule has 7 heteroatoms. The lowest BCUT2D eigenvalue weighted by atomic mass is 9.71. The van der Waals surface area contributed by atoms with Gasteiger partial charge in [0.15, 0.2) is 0 Å². The second-order valence-corrected chi connectivity index (χ2v) is 7.91. The van der Waals surface area contributed by atoms with Gasteiger partial charge in [0.1, 0.15) is 5.52 Å². The summed E-state index contributed by atoms with van der Waals surface area (Å²) in [6.45, 7) is 2.53. The number of piperidine rings is 1. The fraction of sp³-hybridized carbons (Fsp3) is 0.600. The number of amides is 1. The SMILES string of the molecule is C[C@H](CC(=O)N1CCC(C(=O)O)C2CCCCC21)n1nnc2ccccc21. The molecular formula is C20H26N4O3. The molecule has 27 heavy (non-hydrogen) atoms. The van der Waals surface area contributed by atoms with E-state index in [0.29, 0.717) is 19.4 Å². The average Bonchev–Trinajstić information content (AvgIpc) is 3.11. The predicted octanol–water partition coefficient (Wildman–Crippen LogP) is 2.87. The second-order valence-electron chi connectivity index (χ2n) is 7.91. The molecule has 1 aromatic heterocycles. The minimum atomic E-state index is -0.707. The Bertz CT molecular complexity index is 849. The van der Waals surface area contributed by atoms with Crippen LogP contribution in [0.5, 0.6) is 0 Å². The van der Waals surface area contributed by atoms with Crippen molar-refractivity contribution >= 4 is 22.9 Å². The number of likely N-dealkylation sites (tertiary alicyclic amines) is 1. The van der Waals surface area contributed by atoms with Crippen LogP contribution in [0.3, 0.4) is 0 Å². The number of nitrogens with zero attached hydrogens (tertiary/aromatic N) is 4. The molecular weight excluding hydrogens is 344 g/mol. The summed E-state index contributed by atoms with van der Waals surface area (Å²) in [4.78, 5) is 26.7. The minimum Gasteiger partial charge on any atom is -0.481 e. The number of para-hydroxylation sites is 1. The van der Waals surface area contributed by atoms with Gasteiger partial charge < -0.3 is 10.0 Å². The van der Waals surface area contributed by atoms with Crippen molar-refractivity contribution in [2.75, 3.05) is 6.54 Å². The number of benzene rings is 1. The molecule has 0 bridgehead atoms. The molecule has 7 nitrogen and oxygen atoms in total. The van der Waals surface area contributed by atoms with Gasteiger partial charge in [0, 0.05) is 19.0 Å². The van der Waals surface area contributed by atoms with E-state index < -0.39 is 5.97 Å². The number of aromatic nitrogens is 3. The molecule has 1 aliphatic carbocycles. The lowest BCUT2D eigenvalue weighted by molar-refractivity contribution is -0.154. The smallest absolute Gasteiger partial charge is 0.306 e. The van der Waals surface area contributed by atoms with Crippen molar-refractivity contribution in [1.29, 1.82) is 0 Å². The van der Waals surface area contributed by atoms with Gasteiger partial charge in [0.05, 0.1) is 17.5 Å². The van der Waals surface area contributed by atoms with Gasteiger partial charge in [-0.3, -0.25) is 9.59 Å². The number of hydrogen-bond acceptors (Lipinski definition) is 4. The minimum absolute atomic E-state index is 0.0702. The molecule has 1 amide bonds. The third kappa shape index (κ3) is 3.31. The monoisotopic (exact) mass is 370 g/mol. The molecule has 2 aromatic rings. The number of aliphatic carboxylic acids is 1. The molecule has 1 saturated carbocycles. The van der Waals surface area contributed by atoms with E-state index in [1.165, 1.54) is 0 Å². The highest BCUT2D eigenvalue weighted by Gasteiger charge is 2.44. The van der Waals surface area contributed by atoms with E-state index in [4.69, 9.17) is 0 Å². The molecule has 4 rings (SSSR count). The summed E-state index contributed by atoms with van der Waals surface area (Å²) in [7, 11) is 0. The van der Waals surface area contributed by atoms with Crippen LogP contribution in [0.1, 0.15) is 51.5 Å². The molecule has 0 spiro atoms. The van der Waals surface area contributed by atoms with E-state index in [0.717, 1.165) is 36.7 Å². The highest BCUT2D eigenvalue weighted by molar-refractivity contribution is 5.79. The third-order valence-electron chi connectivity index (χ3n) is 6.28. The van der Waals surface area contributed by atoms with Gasteiger partial charge in [0.25, 0.3) is 0 Å². The molecule has 4 atom stereocenters. The van der Waals surface area contributed by atoms with Crippen molar-refractivity contribution in [3.63, 3.8) is 0 Å². The summed E-state index contributed by atoms with van der Waals surface area (Å²) in [6.07, 6.45) is 4.88. The standard InChI is InChI=1S/C20H26N4O3/c1-13(24-18-9-5-3-7-16(18)21-22-24)12-19(25)23-11-10-15(20(26)27)14-6-2-4-8-17(14)23/h3,5,7,9,13-15,17H,2,4,6,8,10-12H2,1H3,(H,26,27)/t13-,14?,15?,17?/m1/s1. The van der Waals surface area contributed by atoms with Crippen molar-refractivity contribution < 1.29 is 14.7 Å². The lowest BCUT2D eigenvalue weighted by Gasteiger charge is -2.47. The summed E-state index contributed by atoms with van der Waals surface area (Å²) in [5.41, 5.74) is 1.75. The number of carbonyl (C=O) groups excluding carboxylic acids is 1. The van der Waals surface area contributed by atoms with Crippen LogP contribution in [0.2, 0.25) is 0 Å². The first-order valence-corrected chi connectivity index (χ1v) is 9.88. The summed E-state index contributed by atoms with van der Waals surface area (Å²) >= 11 is 0. The maximum absolute atomic E-state index is 13.1. The summed E-state index contributed by atoms with van der Waals surface area (Å²) in [5, 5.41) is 18.0. The van der Waals surface area contributed by atoms with Crippen molar-refractivity contribution in [2.45, 2.75) is 57.5 Å². The number of carboxylic acids is 1. The van der Waals surface area contributed by atoms with Crippen LogP contribution >= 0.6 is 0 Å². The first-order chi connectivity index (χ1) is 13.1. The molecule has 1 aromatic carbocycles. The lowest BCUT2D eigenvalue weighted by Crippen LogP contribution is -2.54. The van der Waals surface area contributed by atoms with Crippen LogP contribution in [0.4, 0.5) is 0 Å².